The van der Waals surface area contributed by atoms with Crippen molar-refractivity contribution in [3.8, 4) is 0 Å². The molecule has 0 bridgehead atoms. The second-order valence-corrected chi connectivity index (χ2v) is 5.58. The second kappa shape index (κ2) is 5.86. The van der Waals surface area contributed by atoms with Crippen molar-refractivity contribution in [2.24, 2.45) is 5.92 Å². The predicted octanol–water partition coefficient (Wildman–Crippen LogP) is 4.83. The van der Waals surface area contributed by atoms with Crippen LogP contribution in [-0.4, -0.2) is 4.83 Å². The van der Waals surface area contributed by atoms with Gasteiger partial charge in [0, 0.05) is 15.4 Å². The lowest BCUT2D eigenvalue weighted by Crippen LogP contribution is -2.08. The maximum atomic E-state index is 13.4. The van der Waals surface area contributed by atoms with Crippen LogP contribution in [0.15, 0.2) is 18.2 Å². The Bertz CT molecular complexity index is 305. The molecule has 0 saturated carbocycles. The van der Waals surface area contributed by atoms with Gasteiger partial charge in [-0.2, -0.15) is 0 Å². The van der Waals surface area contributed by atoms with Gasteiger partial charge in [0.25, 0.3) is 0 Å². The molecular weight excluding hydrogens is 278 g/mol. The van der Waals surface area contributed by atoms with Crippen LogP contribution in [0.5, 0.6) is 0 Å². The van der Waals surface area contributed by atoms with E-state index < -0.39 is 0 Å². The van der Waals surface area contributed by atoms with E-state index in [0.717, 1.165) is 6.42 Å². The van der Waals surface area contributed by atoms with Gasteiger partial charge in [0.2, 0.25) is 0 Å². The Morgan fingerprint density at radius 2 is 2.07 bits per heavy atom. The van der Waals surface area contributed by atoms with Crippen LogP contribution in [-0.2, 0) is 6.42 Å². The number of benzene rings is 1. The fourth-order valence-corrected chi connectivity index (χ4v) is 1.87. The minimum absolute atomic E-state index is 0.203. The fourth-order valence-electron chi connectivity index (χ4n) is 1.39. The third kappa shape index (κ3) is 3.76. The second-order valence-electron chi connectivity index (χ2n) is 4.00. The third-order valence-corrected chi connectivity index (χ3v) is 4.32. The van der Waals surface area contributed by atoms with Crippen molar-refractivity contribution in [3.05, 3.63) is 34.6 Å². The van der Waals surface area contributed by atoms with Crippen molar-refractivity contribution in [3.63, 3.8) is 0 Å². The molecule has 0 radical (unpaired) electrons. The van der Waals surface area contributed by atoms with Crippen molar-refractivity contribution in [2.45, 2.75) is 31.5 Å². The normalized spacial score (nSPS) is 13.2. The molecule has 0 saturated heterocycles. The van der Waals surface area contributed by atoms with Gasteiger partial charge >= 0.3 is 0 Å². The van der Waals surface area contributed by atoms with Crippen molar-refractivity contribution in [1.29, 1.82) is 0 Å². The molecule has 0 aromatic heterocycles. The minimum atomic E-state index is -0.203. The molecule has 15 heavy (non-hydrogen) atoms. The van der Waals surface area contributed by atoms with Gasteiger partial charge in [-0.15, -0.1) is 0 Å². The van der Waals surface area contributed by atoms with Gasteiger partial charge < -0.3 is 0 Å². The molecule has 0 spiro atoms. The van der Waals surface area contributed by atoms with E-state index in [1.807, 2.05) is 0 Å². The summed E-state index contributed by atoms with van der Waals surface area (Å²) in [4.78, 5) is 0.410. The van der Waals surface area contributed by atoms with Crippen LogP contribution in [0.25, 0.3) is 0 Å². The highest BCUT2D eigenvalue weighted by atomic mass is 79.9. The molecule has 3 heteroatoms. The third-order valence-electron chi connectivity index (χ3n) is 2.46. The molecule has 0 nitrogen and oxygen atoms in total. The quantitative estimate of drug-likeness (QED) is 0.697. The van der Waals surface area contributed by atoms with Crippen molar-refractivity contribution in [1.82, 2.24) is 0 Å². The number of alkyl halides is 1. The Hall–Kier alpha value is -0.0800. The van der Waals surface area contributed by atoms with Gasteiger partial charge in [0.1, 0.15) is 5.82 Å². The van der Waals surface area contributed by atoms with Gasteiger partial charge in [-0.25, -0.2) is 4.39 Å². The van der Waals surface area contributed by atoms with Gasteiger partial charge in [-0.3, -0.25) is 0 Å². The average molecular weight is 294 g/mol. The van der Waals surface area contributed by atoms with Crippen molar-refractivity contribution in [2.75, 3.05) is 0 Å². The monoisotopic (exact) mass is 292 g/mol. The highest BCUT2D eigenvalue weighted by molar-refractivity contribution is 9.09. The summed E-state index contributed by atoms with van der Waals surface area (Å²) in [7, 11) is 0. The summed E-state index contributed by atoms with van der Waals surface area (Å²) in [5, 5.41) is 0.526. The van der Waals surface area contributed by atoms with Crippen LogP contribution in [0.1, 0.15) is 25.8 Å². The average Bonchev–Trinajstić information content (AvgIpc) is 2.16. The molecule has 1 aromatic rings. The molecule has 1 aromatic carbocycles. The number of halogens is 3. The fraction of sp³-hybridized carbons (Fsp3) is 0.500. The molecule has 84 valence electrons. The van der Waals surface area contributed by atoms with Gasteiger partial charge in [0.15, 0.2) is 0 Å². The molecule has 0 aliphatic carbocycles. The van der Waals surface area contributed by atoms with Crippen LogP contribution in [0.4, 0.5) is 4.39 Å². The molecular formula is C12H15BrClF. The van der Waals surface area contributed by atoms with Crippen LogP contribution in [0, 0.1) is 11.7 Å². The Balaban J connectivity index is 2.65. The Morgan fingerprint density at radius 3 is 2.60 bits per heavy atom. The largest absolute Gasteiger partial charge is 0.207 e. The number of hydrogen-bond acceptors (Lipinski definition) is 0. The van der Waals surface area contributed by atoms with E-state index in [0.29, 0.717) is 27.8 Å². The first-order valence-corrected chi connectivity index (χ1v) is 6.38. The van der Waals surface area contributed by atoms with Gasteiger partial charge in [-0.05, 0) is 30.9 Å². The first-order chi connectivity index (χ1) is 7.02. The summed E-state index contributed by atoms with van der Waals surface area (Å²) in [5.74, 6) is 0.349. The maximum Gasteiger partial charge on any atom is 0.127 e. The van der Waals surface area contributed by atoms with E-state index >= 15 is 0 Å². The maximum absolute atomic E-state index is 13.4. The smallest absolute Gasteiger partial charge is 0.127 e. The molecule has 0 N–H and O–H groups in total. The molecule has 1 atom stereocenters. The lowest BCUT2D eigenvalue weighted by Gasteiger charge is -2.14. The van der Waals surface area contributed by atoms with E-state index in [2.05, 4.69) is 29.8 Å². The molecule has 0 amide bonds. The highest BCUT2D eigenvalue weighted by Crippen LogP contribution is 2.24. The minimum Gasteiger partial charge on any atom is -0.207 e. The topological polar surface area (TPSA) is 0 Å². The first kappa shape index (κ1) is 13.0. The summed E-state index contributed by atoms with van der Waals surface area (Å²) in [6.45, 7) is 4.28. The van der Waals surface area contributed by atoms with Gasteiger partial charge in [0.05, 0.1) is 0 Å². The van der Waals surface area contributed by atoms with E-state index in [1.165, 1.54) is 6.07 Å². The SMILES string of the molecule is CC(C)C(Br)CCc1c(F)cccc1Cl. The van der Waals surface area contributed by atoms with Crippen molar-refractivity contribution < 1.29 is 4.39 Å². The summed E-state index contributed by atoms with van der Waals surface area (Å²) >= 11 is 9.52. The number of rotatable bonds is 4. The molecule has 0 heterocycles. The number of hydrogen-bond donors (Lipinski definition) is 0. The van der Waals surface area contributed by atoms with Crippen LogP contribution >= 0.6 is 27.5 Å². The lowest BCUT2D eigenvalue weighted by molar-refractivity contribution is 0.563. The first-order valence-electron chi connectivity index (χ1n) is 5.09. The standard InChI is InChI=1S/C12H15BrClF/c1-8(2)10(13)7-6-9-11(14)4-3-5-12(9)15/h3-5,8,10H,6-7H2,1-2H3. The van der Waals surface area contributed by atoms with Gasteiger partial charge in [-0.1, -0.05) is 47.4 Å². The summed E-state index contributed by atoms with van der Waals surface area (Å²) < 4.78 is 13.4. The summed E-state index contributed by atoms with van der Waals surface area (Å²) in [6, 6.07) is 4.83. The van der Waals surface area contributed by atoms with E-state index in [1.54, 1.807) is 12.1 Å². The predicted molar refractivity (Wildman–Crippen MR) is 67.3 cm³/mol. The Kier molecular flexibility index (Phi) is 5.07. The molecule has 0 aliphatic rings. The van der Waals surface area contributed by atoms with Crippen LogP contribution < -0.4 is 0 Å². The van der Waals surface area contributed by atoms with Crippen LogP contribution in [0.2, 0.25) is 5.02 Å². The van der Waals surface area contributed by atoms with Crippen molar-refractivity contribution >= 4 is 27.5 Å². The Morgan fingerprint density at radius 1 is 1.40 bits per heavy atom. The molecule has 1 unspecified atom stereocenters. The summed E-state index contributed by atoms with van der Waals surface area (Å²) in [5.41, 5.74) is 0.629. The lowest BCUT2D eigenvalue weighted by atomic mass is 10.0. The molecule has 1 rings (SSSR count). The Labute approximate surface area is 104 Å². The molecule has 0 aliphatic heterocycles. The zero-order valence-electron chi connectivity index (χ0n) is 8.93. The van der Waals surface area contributed by atoms with Crippen LogP contribution in [0.3, 0.4) is 0 Å². The van der Waals surface area contributed by atoms with E-state index in [-0.39, 0.29) is 5.82 Å². The van der Waals surface area contributed by atoms with E-state index in [9.17, 15) is 4.39 Å². The molecule has 0 fully saturated rings. The highest BCUT2D eigenvalue weighted by Gasteiger charge is 2.12. The van der Waals surface area contributed by atoms with E-state index in [4.69, 9.17) is 11.6 Å². The summed E-state index contributed by atoms with van der Waals surface area (Å²) in [6.07, 6.45) is 1.58. The zero-order chi connectivity index (χ0) is 11.4. The zero-order valence-corrected chi connectivity index (χ0v) is 11.3.